The van der Waals surface area contributed by atoms with E-state index in [1.165, 1.54) is 0 Å². The molecule has 0 saturated heterocycles. The minimum atomic E-state index is 0.472. The Morgan fingerprint density at radius 3 is 2.80 bits per heavy atom. The summed E-state index contributed by atoms with van der Waals surface area (Å²) in [7, 11) is 0. The normalized spacial score (nSPS) is 15.3. The lowest BCUT2D eigenvalue weighted by atomic mass is 10.0. The molecule has 0 atom stereocenters. The lowest BCUT2D eigenvalue weighted by Crippen LogP contribution is -2.10. The highest BCUT2D eigenvalue weighted by Gasteiger charge is 2.16. The standard InChI is InChI=1S/C19H21N3O3/c1-12-10-17-20-18(13(12)2)19-15-11-14(4-5-16(15)21-22-19)24-7-3-6-23-8-9-25-17/h4-5,10-11H,3,6-9H2,1-2H3,(H,21,22). The summed E-state index contributed by atoms with van der Waals surface area (Å²) in [5.74, 6) is 1.42. The van der Waals surface area contributed by atoms with Gasteiger partial charge in [-0.05, 0) is 43.2 Å². The molecule has 0 unspecified atom stereocenters. The molecule has 4 bridgehead atoms. The van der Waals surface area contributed by atoms with Crippen molar-refractivity contribution in [3.8, 4) is 23.0 Å². The zero-order valence-corrected chi connectivity index (χ0v) is 14.5. The summed E-state index contributed by atoms with van der Waals surface area (Å²) < 4.78 is 17.2. The smallest absolute Gasteiger partial charge is 0.214 e. The quantitative estimate of drug-likeness (QED) is 0.680. The number of H-pyrrole nitrogens is 1. The number of aromatic amines is 1. The predicted molar refractivity (Wildman–Crippen MR) is 95.2 cm³/mol. The van der Waals surface area contributed by atoms with Gasteiger partial charge < -0.3 is 14.2 Å². The topological polar surface area (TPSA) is 69.3 Å². The first-order chi connectivity index (χ1) is 12.2. The summed E-state index contributed by atoms with van der Waals surface area (Å²) in [6.45, 7) is 6.38. The molecule has 4 rings (SSSR count). The van der Waals surface area contributed by atoms with Crippen LogP contribution in [0.1, 0.15) is 17.5 Å². The molecular formula is C19H21N3O3. The van der Waals surface area contributed by atoms with Crippen LogP contribution in [-0.4, -0.2) is 41.6 Å². The fourth-order valence-electron chi connectivity index (χ4n) is 2.93. The van der Waals surface area contributed by atoms with Crippen LogP contribution in [0.5, 0.6) is 11.6 Å². The van der Waals surface area contributed by atoms with Crippen molar-refractivity contribution in [2.45, 2.75) is 20.3 Å². The Balaban J connectivity index is 1.86. The Hall–Kier alpha value is -2.60. The maximum atomic E-state index is 5.85. The van der Waals surface area contributed by atoms with Gasteiger partial charge in [-0.15, -0.1) is 0 Å². The van der Waals surface area contributed by atoms with E-state index < -0.39 is 0 Å². The maximum Gasteiger partial charge on any atom is 0.214 e. The second-order valence-corrected chi connectivity index (χ2v) is 6.19. The molecule has 0 aliphatic carbocycles. The average molecular weight is 339 g/mol. The highest BCUT2D eigenvalue weighted by molar-refractivity contribution is 5.93. The van der Waals surface area contributed by atoms with E-state index in [1.807, 2.05) is 24.3 Å². The highest BCUT2D eigenvalue weighted by Crippen LogP contribution is 2.32. The molecule has 1 aliphatic heterocycles. The first kappa shape index (κ1) is 15.9. The Morgan fingerprint density at radius 2 is 1.88 bits per heavy atom. The summed E-state index contributed by atoms with van der Waals surface area (Å²) in [6.07, 6.45) is 0.834. The molecule has 1 aromatic carbocycles. The number of benzene rings is 1. The zero-order valence-electron chi connectivity index (χ0n) is 14.5. The van der Waals surface area contributed by atoms with Gasteiger partial charge in [0.05, 0.1) is 24.4 Å². The highest BCUT2D eigenvalue weighted by atomic mass is 16.5. The molecule has 3 heterocycles. The molecule has 3 aromatic rings. The molecule has 130 valence electrons. The number of nitrogens with one attached hydrogen (secondary N) is 1. The second-order valence-electron chi connectivity index (χ2n) is 6.19. The number of rotatable bonds is 0. The van der Waals surface area contributed by atoms with E-state index in [9.17, 15) is 0 Å². The van der Waals surface area contributed by atoms with Gasteiger partial charge >= 0.3 is 0 Å². The Labute approximate surface area is 146 Å². The van der Waals surface area contributed by atoms with Gasteiger partial charge in [0.25, 0.3) is 0 Å². The summed E-state index contributed by atoms with van der Waals surface area (Å²) in [4.78, 5) is 4.69. The number of fused-ring (bicyclic) bond motifs is 4. The monoisotopic (exact) mass is 339 g/mol. The first-order valence-electron chi connectivity index (χ1n) is 8.52. The minimum absolute atomic E-state index is 0.472. The fraction of sp³-hybridized carbons (Fsp3) is 0.368. The molecule has 0 saturated carbocycles. The average Bonchev–Trinajstić information content (AvgIpc) is 3.02. The molecule has 1 aliphatic rings. The number of hydrogen-bond donors (Lipinski definition) is 1. The molecule has 1 N–H and O–H groups in total. The van der Waals surface area contributed by atoms with Gasteiger partial charge in [0.1, 0.15) is 18.1 Å². The van der Waals surface area contributed by atoms with Crippen LogP contribution in [0.3, 0.4) is 0 Å². The molecule has 6 heteroatoms. The van der Waals surface area contributed by atoms with E-state index in [4.69, 9.17) is 19.2 Å². The van der Waals surface area contributed by atoms with Gasteiger partial charge in [0.2, 0.25) is 5.88 Å². The van der Waals surface area contributed by atoms with Crippen molar-refractivity contribution in [2.75, 3.05) is 26.4 Å². The van der Waals surface area contributed by atoms with Gasteiger partial charge in [-0.2, -0.15) is 5.10 Å². The van der Waals surface area contributed by atoms with Crippen LogP contribution >= 0.6 is 0 Å². The summed E-state index contributed by atoms with van der Waals surface area (Å²) >= 11 is 0. The van der Waals surface area contributed by atoms with Crippen LogP contribution in [0.4, 0.5) is 0 Å². The number of hydrogen-bond acceptors (Lipinski definition) is 5. The van der Waals surface area contributed by atoms with Gasteiger partial charge in [-0.25, -0.2) is 4.98 Å². The van der Waals surface area contributed by atoms with Crippen molar-refractivity contribution in [3.63, 3.8) is 0 Å². The molecule has 0 amide bonds. The van der Waals surface area contributed by atoms with Crippen molar-refractivity contribution in [1.82, 2.24) is 15.2 Å². The maximum absolute atomic E-state index is 5.85. The third-order valence-electron chi connectivity index (χ3n) is 4.45. The van der Waals surface area contributed by atoms with Crippen LogP contribution in [0, 0.1) is 13.8 Å². The predicted octanol–water partition coefficient (Wildman–Crippen LogP) is 3.42. The third kappa shape index (κ3) is 3.17. The van der Waals surface area contributed by atoms with Crippen LogP contribution < -0.4 is 9.47 Å². The van der Waals surface area contributed by atoms with E-state index >= 15 is 0 Å². The third-order valence-corrected chi connectivity index (χ3v) is 4.45. The van der Waals surface area contributed by atoms with Crippen molar-refractivity contribution >= 4 is 10.9 Å². The van der Waals surface area contributed by atoms with Gasteiger partial charge in [-0.3, -0.25) is 5.10 Å². The molecule has 0 spiro atoms. The van der Waals surface area contributed by atoms with Crippen molar-refractivity contribution in [2.24, 2.45) is 0 Å². The first-order valence-corrected chi connectivity index (χ1v) is 8.52. The van der Waals surface area contributed by atoms with Crippen LogP contribution in [-0.2, 0) is 4.74 Å². The van der Waals surface area contributed by atoms with Crippen LogP contribution in [0.25, 0.3) is 22.3 Å². The summed E-state index contributed by atoms with van der Waals surface area (Å²) in [6, 6.07) is 7.91. The Bertz CT molecular complexity index is 904. The molecule has 0 radical (unpaired) electrons. The minimum Gasteiger partial charge on any atom is -0.493 e. The number of pyridine rings is 1. The molecule has 2 aromatic heterocycles. The largest absolute Gasteiger partial charge is 0.493 e. The van der Waals surface area contributed by atoms with Crippen molar-refractivity contribution in [1.29, 1.82) is 0 Å². The number of aromatic nitrogens is 3. The van der Waals surface area contributed by atoms with E-state index in [0.717, 1.165) is 45.6 Å². The SMILES string of the molecule is Cc1cc2nc(c1C)-c1n[nH]c3ccc(cc13)OCCCOCCO2. The fourth-order valence-corrected chi connectivity index (χ4v) is 2.93. The number of nitrogens with zero attached hydrogens (tertiary/aromatic N) is 2. The van der Waals surface area contributed by atoms with E-state index in [-0.39, 0.29) is 0 Å². The van der Waals surface area contributed by atoms with Crippen LogP contribution in [0.2, 0.25) is 0 Å². The van der Waals surface area contributed by atoms with E-state index in [2.05, 4.69) is 24.0 Å². The number of ether oxygens (including phenoxy) is 3. The second kappa shape index (κ2) is 6.72. The zero-order chi connectivity index (χ0) is 17.2. The van der Waals surface area contributed by atoms with Gasteiger partial charge in [0, 0.05) is 24.5 Å². The van der Waals surface area contributed by atoms with Gasteiger partial charge in [-0.1, -0.05) is 0 Å². The van der Waals surface area contributed by atoms with E-state index in [0.29, 0.717) is 32.3 Å². The Kier molecular flexibility index (Phi) is 4.28. The summed E-state index contributed by atoms with van der Waals surface area (Å²) in [5.41, 5.74) is 4.81. The van der Waals surface area contributed by atoms with Crippen molar-refractivity contribution < 1.29 is 14.2 Å². The lowest BCUT2D eigenvalue weighted by molar-refractivity contribution is 0.0891. The number of aryl methyl sites for hydroxylation is 1. The van der Waals surface area contributed by atoms with Crippen LogP contribution in [0.15, 0.2) is 24.3 Å². The van der Waals surface area contributed by atoms with E-state index in [1.54, 1.807) is 0 Å². The van der Waals surface area contributed by atoms with Crippen molar-refractivity contribution in [3.05, 3.63) is 35.4 Å². The van der Waals surface area contributed by atoms with Gasteiger partial charge in [0.15, 0.2) is 0 Å². The molecule has 25 heavy (non-hydrogen) atoms. The summed E-state index contributed by atoms with van der Waals surface area (Å²) in [5, 5.41) is 8.58. The Morgan fingerprint density at radius 1 is 0.960 bits per heavy atom. The molecular weight excluding hydrogens is 318 g/mol. The molecule has 0 fully saturated rings. The molecule has 6 nitrogen and oxygen atoms in total. The lowest BCUT2D eigenvalue weighted by Gasteiger charge is -2.11.